The lowest BCUT2D eigenvalue weighted by Gasteiger charge is -2.21. The minimum Gasteiger partial charge on any atom is -0.364 e. The molecule has 1 unspecified atom stereocenters. The highest BCUT2D eigenvalue weighted by molar-refractivity contribution is 8.14. The molecule has 1 aliphatic rings. The monoisotopic (exact) mass is 271 g/mol. The summed E-state index contributed by atoms with van der Waals surface area (Å²) in [7, 11) is 0. The molecule has 5 heteroatoms. The van der Waals surface area contributed by atoms with Crippen LogP contribution in [0.15, 0.2) is 4.99 Å². The third-order valence-corrected chi connectivity index (χ3v) is 3.70. The molecule has 0 saturated heterocycles. The van der Waals surface area contributed by atoms with Crippen LogP contribution in [0.3, 0.4) is 0 Å². The molecule has 0 spiro atoms. The Hall–Kier alpha value is -0.710. The quantitative estimate of drug-likeness (QED) is 0.804. The van der Waals surface area contributed by atoms with Crippen molar-refractivity contribution in [1.29, 1.82) is 0 Å². The zero-order valence-corrected chi connectivity index (χ0v) is 12.7. The molecule has 1 amide bonds. The number of carbonyl (C=O) groups is 1. The molecule has 0 aromatic rings. The molecule has 0 saturated carbocycles. The molecule has 0 radical (unpaired) electrons. The van der Waals surface area contributed by atoms with Crippen LogP contribution < -0.4 is 10.6 Å². The van der Waals surface area contributed by atoms with E-state index < -0.39 is 0 Å². The first kappa shape index (κ1) is 15.3. The van der Waals surface area contributed by atoms with Gasteiger partial charge in [0.2, 0.25) is 5.91 Å². The van der Waals surface area contributed by atoms with E-state index in [2.05, 4.69) is 36.4 Å². The topological polar surface area (TPSA) is 53.5 Å². The van der Waals surface area contributed by atoms with E-state index in [4.69, 9.17) is 0 Å². The molecule has 0 bridgehead atoms. The lowest BCUT2D eigenvalue weighted by Crippen LogP contribution is -2.29. The van der Waals surface area contributed by atoms with E-state index in [-0.39, 0.29) is 5.91 Å². The van der Waals surface area contributed by atoms with E-state index in [0.717, 1.165) is 11.7 Å². The third kappa shape index (κ3) is 6.28. The van der Waals surface area contributed by atoms with Gasteiger partial charge < -0.3 is 10.6 Å². The van der Waals surface area contributed by atoms with Gasteiger partial charge in [-0.05, 0) is 18.8 Å². The maximum absolute atomic E-state index is 11.3. The summed E-state index contributed by atoms with van der Waals surface area (Å²) in [6, 6.07) is 0. The Kier molecular flexibility index (Phi) is 5.99. The fraction of sp³-hybridized carbons (Fsp3) is 0.846. The third-order valence-electron chi connectivity index (χ3n) is 2.56. The second kappa shape index (κ2) is 7.02. The summed E-state index contributed by atoms with van der Waals surface area (Å²) in [5.41, 5.74) is 0.351. The number of amides is 1. The average molecular weight is 271 g/mol. The first-order valence-electron chi connectivity index (χ1n) is 6.62. The molecule has 1 aliphatic heterocycles. The highest BCUT2D eigenvalue weighted by Crippen LogP contribution is 2.31. The minimum absolute atomic E-state index is 0.0971. The van der Waals surface area contributed by atoms with Gasteiger partial charge in [-0.25, -0.2) is 0 Å². The first-order chi connectivity index (χ1) is 8.40. The molecule has 0 aromatic carbocycles. The normalized spacial score (nSPS) is 19.6. The molecule has 0 fully saturated rings. The summed E-state index contributed by atoms with van der Waals surface area (Å²) in [4.78, 5) is 15.8. The van der Waals surface area contributed by atoms with Gasteiger partial charge in [-0.2, -0.15) is 0 Å². The van der Waals surface area contributed by atoms with Crippen LogP contribution in [-0.2, 0) is 4.79 Å². The summed E-state index contributed by atoms with van der Waals surface area (Å²) in [6.45, 7) is 11.0. The van der Waals surface area contributed by atoms with Crippen molar-refractivity contribution in [3.8, 4) is 0 Å². The number of carbonyl (C=O) groups excluding carboxylic acids is 1. The van der Waals surface area contributed by atoms with Crippen molar-refractivity contribution in [2.24, 2.45) is 10.4 Å². The molecular formula is C13H25N3OS. The van der Waals surface area contributed by atoms with Gasteiger partial charge in [0.25, 0.3) is 0 Å². The van der Waals surface area contributed by atoms with Crippen molar-refractivity contribution in [2.75, 3.05) is 19.6 Å². The van der Waals surface area contributed by atoms with Gasteiger partial charge in [0.15, 0.2) is 5.17 Å². The SMILES string of the molecule is CCNC(=O)CCNC1=NCC(CC(C)(C)C)S1. The molecule has 0 aliphatic carbocycles. The highest BCUT2D eigenvalue weighted by Gasteiger charge is 2.24. The van der Waals surface area contributed by atoms with Crippen LogP contribution in [0.5, 0.6) is 0 Å². The zero-order chi connectivity index (χ0) is 13.6. The molecule has 1 atom stereocenters. The molecular weight excluding hydrogens is 246 g/mol. The largest absolute Gasteiger partial charge is 0.364 e. The molecule has 1 rings (SSSR count). The van der Waals surface area contributed by atoms with E-state index in [9.17, 15) is 4.79 Å². The van der Waals surface area contributed by atoms with E-state index in [1.165, 1.54) is 6.42 Å². The van der Waals surface area contributed by atoms with Crippen LogP contribution in [0.4, 0.5) is 0 Å². The highest BCUT2D eigenvalue weighted by atomic mass is 32.2. The molecule has 0 aromatic heterocycles. The smallest absolute Gasteiger partial charge is 0.221 e. The van der Waals surface area contributed by atoms with Crippen LogP contribution >= 0.6 is 11.8 Å². The van der Waals surface area contributed by atoms with Crippen molar-refractivity contribution in [3.63, 3.8) is 0 Å². The first-order valence-corrected chi connectivity index (χ1v) is 7.50. The summed E-state index contributed by atoms with van der Waals surface area (Å²) in [6.07, 6.45) is 1.68. The molecule has 4 nitrogen and oxygen atoms in total. The van der Waals surface area contributed by atoms with Crippen molar-refractivity contribution in [3.05, 3.63) is 0 Å². The Balaban J connectivity index is 2.17. The fourth-order valence-electron chi connectivity index (χ4n) is 1.87. The number of amidine groups is 1. The molecule has 18 heavy (non-hydrogen) atoms. The molecule has 104 valence electrons. The predicted molar refractivity (Wildman–Crippen MR) is 79.1 cm³/mol. The Morgan fingerprint density at radius 3 is 2.83 bits per heavy atom. The van der Waals surface area contributed by atoms with Crippen molar-refractivity contribution in [1.82, 2.24) is 10.6 Å². The second-order valence-corrected chi connectivity index (χ2v) is 7.07. The molecule has 1 heterocycles. The Labute approximate surface area is 114 Å². The van der Waals surface area contributed by atoms with Crippen molar-refractivity contribution >= 4 is 22.8 Å². The number of nitrogens with one attached hydrogen (secondary N) is 2. The van der Waals surface area contributed by atoms with Crippen LogP contribution in [0, 0.1) is 5.41 Å². The summed E-state index contributed by atoms with van der Waals surface area (Å²) < 4.78 is 0. The van der Waals surface area contributed by atoms with E-state index in [1.807, 2.05) is 18.7 Å². The second-order valence-electron chi connectivity index (χ2n) is 5.78. The van der Waals surface area contributed by atoms with Gasteiger partial charge in [0.05, 0.1) is 6.54 Å². The van der Waals surface area contributed by atoms with Crippen LogP contribution in [0.25, 0.3) is 0 Å². The van der Waals surface area contributed by atoms with Crippen LogP contribution in [-0.4, -0.2) is 36.0 Å². The van der Waals surface area contributed by atoms with Gasteiger partial charge in [-0.1, -0.05) is 32.5 Å². The number of thioether (sulfide) groups is 1. The van der Waals surface area contributed by atoms with Gasteiger partial charge in [-0.3, -0.25) is 9.79 Å². The van der Waals surface area contributed by atoms with E-state index in [1.54, 1.807) is 0 Å². The average Bonchev–Trinajstić information content (AvgIpc) is 2.63. The summed E-state index contributed by atoms with van der Waals surface area (Å²) in [5.74, 6) is 0.0971. The Morgan fingerprint density at radius 2 is 2.22 bits per heavy atom. The van der Waals surface area contributed by atoms with Gasteiger partial charge in [0, 0.05) is 24.8 Å². The zero-order valence-electron chi connectivity index (χ0n) is 11.9. The maximum atomic E-state index is 11.3. The summed E-state index contributed by atoms with van der Waals surface area (Å²) in [5, 5.41) is 7.60. The van der Waals surface area contributed by atoms with Crippen molar-refractivity contribution < 1.29 is 4.79 Å². The number of aliphatic imine (C=N–C) groups is 1. The summed E-state index contributed by atoms with van der Waals surface area (Å²) >= 11 is 1.81. The molecule has 2 N–H and O–H groups in total. The van der Waals surface area contributed by atoms with Crippen LogP contribution in [0.2, 0.25) is 0 Å². The number of hydrogen-bond acceptors (Lipinski definition) is 4. The van der Waals surface area contributed by atoms with Crippen molar-refractivity contribution in [2.45, 2.75) is 45.8 Å². The predicted octanol–water partition coefficient (Wildman–Crippen LogP) is 2.01. The fourth-order valence-corrected chi connectivity index (χ4v) is 3.26. The number of rotatable bonds is 5. The standard InChI is InChI=1S/C13H25N3OS/c1-5-14-11(17)6-7-15-12-16-9-10(18-12)8-13(2,3)4/h10H,5-9H2,1-4H3,(H,14,17)(H,15,16). The lowest BCUT2D eigenvalue weighted by atomic mass is 9.90. The van der Waals surface area contributed by atoms with Gasteiger partial charge in [0.1, 0.15) is 0 Å². The number of hydrogen-bond donors (Lipinski definition) is 2. The van der Waals surface area contributed by atoms with Gasteiger partial charge >= 0.3 is 0 Å². The Bertz CT molecular complexity index is 310. The number of nitrogens with zero attached hydrogens (tertiary/aromatic N) is 1. The lowest BCUT2D eigenvalue weighted by molar-refractivity contribution is -0.120. The minimum atomic E-state index is 0.0971. The van der Waals surface area contributed by atoms with Crippen LogP contribution in [0.1, 0.15) is 40.5 Å². The van der Waals surface area contributed by atoms with Gasteiger partial charge in [-0.15, -0.1) is 0 Å². The van der Waals surface area contributed by atoms with E-state index >= 15 is 0 Å². The maximum Gasteiger partial charge on any atom is 0.221 e. The van der Waals surface area contributed by atoms with E-state index in [0.29, 0.717) is 30.2 Å². The Morgan fingerprint density at radius 1 is 1.50 bits per heavy atom.